The predicted octanol–water partition coefficient (Wildman–Crippen LogP) is 2.65. The number of aromatic nitrogens is 2. The highest BCUT2D eigenvalue weighted by Gasteiger charge is 2.27. The quantitative estimate of drug-likeness (QED) is 0.918. The molecule has 1 N–H and O–H groups in total. The Bertz CT molecular complexity index is 599. The predicted molar refractivity (Wildman–Crippen MR) is 64.9 cm³/mol. The third-order valence-electron chi connectivity index (χ3n) is 2.29. The van der Waals surface area contributed by atoms with Gasteiger partial charge in [0.15, 0.2) is 0 Å². The lowest BCUT2D eigenvalue weighted by molar-refractivity contribution is -0.139. The van der Waals surface area contributed by atoms with Gasteiger partial charge in [0.25, 0.3) is 5.91 Å². The Hall–Kier alpha value is -2.58. The Morgan fingerprint density at radius 1 is 1.33 bits per heavy atom. The normalized spacial score (nSPS) is 11.2. The van der Waals surface area contributed by atoms with Crippen molar-refractivity contribution in [1.82, 2.24) is 9.97 Å². The van der Waals surface area contributed by atoms with Crippen LogP contribution in [0.2, 0.25) is 0 Å². The van der Waals surface area contributed by atoms with Crippen LogP contribution in [0.1, 0.15) is 16.8 Å². The lowest BCUT2D eigenvalue weighted by atomic mass is 10.2. The molecule has 0 aliphatic heterocycles. The Morgan fingerprint density at radius 3 is 2.81 bits per heavy atom. The van der Waals surface area contributed by atoms with Crippen molar-refractivity contribution in [2.24, 2.45) is 0 Å². The van der Waals surface area contributed by atoms with Gasteiger partial charge in [0.2, 0.25) is 5.88 Å². The van der Waals surface area contributed by atoms with Crippen molar-refractivity contribution in [2.45, 2.75) is 12.6 Å². The molecule has 0 saturated carbocycles. The number of anilines is 1. The first-order valence-electron chi connectivity index (χ1n) is 5.80. The molecule has 0 spiro atoms. The summed E-state index contributed by atoms with van der Waals surface area (Å²) in [6, 6.07) is 2.63. The molecule has 112 valence electrons. The SMILES string of the molecule is O=C(Nc1ncco1)c1ccnc(OCCC(F)(F)F)c1. The molecule has 0 atom stereocenters. The second-order valence-corrected chi connectivity index (χ2v) is 3.89. The topological polar surface area (TPSA) is 77.3 Å². The number of pyridine rings is 1. The van der Waals surface area contributed by atoms with E-state index in [0.717, 1.165) is 0 Å². The van der Waals surface area contributed by atoms with Crippen molar-refractivity contribution in [1.29, 1.82) is 0 Å². The largest absolute Gasteiger partial charge is 0.477 e. The number of hydrogen-bond donors (Lipinski definition) is 1. The maximum atomic E-state index is 12.0. The van der Waals surface area contributed by atoms with E-state index in [1.165, 1.54) is 30.8 Å². The Labute approximate surface area is 117 Å². The highest BCUT2D eigenvalue weighted by Crippen LogP contribution is 2.20. The minimum atomic E-state index is -4.31. The van der Waals surface area contributed by atoms with Crippen molar-refractivity contribution < 1.29 is 27.1 Å². The van der Waals surface area contributed by atoms with Crippen LogP contribution >= 0.6 is 0 Å². The average molecular weight is 301 g/mol. The first-order chi connectivity index (χ1) is 9.94. The lowest BCUT2D eigenvalue weighted by Crippen LogP contribution is -2.14. The molecule has 21 heavy (non-hydrogen) atoms. The molecule has 0 unspecified atom stereocenters. The van der Waals surface area contributed by atoms with Gasteiger partial charge in [-0.15, -0.1) is 0 Å². The fraction of sp³-hybridized carbons (Fsp3) is 0.250. The fourth-order valence-corrected chi connectivity index (χ4v) is 1.36. The molecule has 0 radical (unpaired) electrons. The summed E-state index contributed by atoms with van der Waals surface area (Å²) in [6.07, 6.45) is -1.50. The number of nitrogens with one attached hydrogen (secondary N) is 1. The van der Waals surface area contributed by atoms with Gasteiger partial charge in [-0.1, -0.05) is 0 Å². The van der Waals surface area contributed by atoms with E-state index in [9.17, 15) is 18.0 Å². The number of alkyl halides is 3. The number of carbonyl (C=O) groups is 1. The van der Waals surface area contributed by atoms with E-state index < -0.39 is 25.1 Å². The van der Waals surface area contributed by atoms with Crippen LogP contribution in [-0.4, -0.2) is 28.7 Å². The van der Waals surface area contributed by atoms with Crippen molar-refractivity contribution in [3.05, 3.63) is 36.4 Å². The van der Waals surface area contributed by atoms with Crippen LogP contribution in [-0.2, 0) is 0 Å². The molecule has 2 heterocycles. The number of carbonyl (C=O) groups excluding carboxylic acids is 1. The van der Waals surface area contributed by atoms with E-state index in [2.05, 4.69) is 15.3 Å². The molecule has 2 aromatic rings. The van der Waals surface area contributed by atoms with Gasteiger partial charge in [-0.25, -0.2) is 9.97 Å². The number of ether oxygens (including phenoxy) is 1. The van der Waals surface area contributed by atoms with Crippen molar-refractivity contribution >= 4 is 11.9 Å². The summed E-state index contributed by atoms with van der Waals surface area (Å²) in [5, 5.41) is 2.37. The Balaban J connectivity index is 1.95. The van der Waals surface area contributed by atoms with Crippen LogP contribution in [0, 0.1) is 0 Å². The minimum Gasteiger partial charge on any atom is -0.477 e. The zero-order valence-electron chi connectivity index (χ0n) is 10.6. The van der Waals surface area contributed by atoms with Crippen molar-refractivity contribution in [2.75, 3.05) is 11.9 Å². The number of halogens is 3. The van der Waals surface area contributed by atoms with Gasteiger partial charge in [-0.3, -0.25) is 10.1 Å². The summed E-state index contributed by atoms with van der Waals surface area (Å²) in [7, 11) is 0. The van der Waals surface area contributed by atoms with Crippen LogP contribution in [0.25, 0.3) is 0 Å². The number of oxazole rings is 1. The highest BCUT2D eigenvalue weighted by atomic mass is 19.4. The summed E-state index contributed by atoms with van der Waals surface area (Å²) >= 11 is 0. The number of rotatable bonds is 5. The number of hydrogen-bond acceptors (Lipinski definition) is 5. The third-order valence-corrected chi connectivity index (χ3v) is 2.29. The molecule has 2 aromatic heterocycles. The van der Waals surface area contributed by atoms with Gasteiger partial charge in [0, 0.05) is 17.8 Å². The third kappa shape index (κ3) is 4.79. The fourth-order valence-electron chi connectivity index (χ4n) is 1.36. The van der Waals surface area contributed by atoms with Crippen molar-refractivity contribution in [3.8, 4) is 5.88 Å². The summed E-state index contributed by atoms with van der Waals surface area (Å²) in [5.74, 6) is -0.611. The first kappa shape index (κ1) is 14.8. The molecular formula is C12H10F3N3O3. The zero-order chi connectivity index (χ0) is 15.3. The number of amides is 1. The minimum absolute atomic E-state index is 0.0105. The summed E-state index contributed by atoms with van der Waals surface area (Å²) in [4.78, 5) is 19.3. The van der Waals surface area contributed by atoms with Gasteiger partial charge in [0.1, 0.15) is 6.26 Å². The summed E-state index contributed by atoms with van der Waals surface area (Å²) in [6.45, 7) is -0.568. The molecule has 0 fully saturated rings. The van der Waals surface area contributed by atoms with E-state index in [1.807, 2.05) is 0 Å². The molecule has 1 amide bonds. The Kier molecular flexibility index (Phi) is 4.41. The van der Waals surface area contributed by atoms with Gasteiger partial charge < -0.3 is 9.15 Å². The molecule has 9 heteroatoms. The van der Waals surface area contributed by atoms with Crippen molar-refractivity contribution in [3.63, 3.8) is 0 Å². The van der Waals surface area contributed by atoms with E-state index in [-0.39, 0.29) is 17.5 Å². The van der Waals surface area contributed by atoms with Crippen LogP contribution in [0.3, 0.4) is 0 Å². The Morgan fingerprint density at radius 2 is 2.14 bits per heavy atom. The van der Waals surface area contributed by atoms with Crippen LogP contribution in [0.4, 0.5) is 19.2 Å². The lowest BCUT2D eigenvalue weighted by Gasteiger charge is -2.08. The second-order valence-electron chi connectivity index (χ2n) is 3.89. The highest BCUT2D eigenvalue weighted by molar-refractivity contribution is 6.03. The molecule has 0 aliphatic carbocycles. The van der Waals surface area contributed by atoms with E-state index in [4.69, 9.17) is 9.15 Å². The van der Waals surface area contributed by atoms with E-state index in [1.54, 1.807) is 0 Å². The summed E-state index contributed by atoms with van der Waals surface area (Å²) in [5.41, 5.74) is 0.158. The van der Waals surface area contributed by atoms with E-state index >= 15 is 0 Å². The maximum absolute atomic E-state index is 12.0. The standard InChI is InChI=1S/C12H10F3N3O3/c13-12(14,15)2-5-20-9-7-8(1-3-16-9)10(19)18-11-17-4-6-21-11/h1,3-4,6-7H,2,5H2,(H,17,18,19). The molecular weight excluding hydrogens is 291 g/mol. The summed E-state index contributed by atoms with van der Waals surface area (Å²) < 4.78 is 45.7. The van der Waals surface area contributed by atoms with Gasteiger partial charge in [-0.2, -0.15) is 13.2 Å². The first-order valence-corrected chi connectivity index (χ1v) is 5.80. The van der Waals surface area contributed by atoms with Gasteiger partial charge in [-0.05, 0) is 6.07 Å². The smallest absolute Gasteiger partial charge is 0.392 e. The molecule has 0 saturated heterocycles. The average Bonchev–Trinajstić information content (AvgIpc) is 2.90. The second kappa shape index (κ2) is 6.25. The number of nitrogens with zero attached hydrogens (tertiary/aromatic N) is 2. The van der Waals surface area contributed by atoms with Crippen LogP contribution in [0.5, 0.6) is 5.88 Å². The molecule has 2 rings (SSSR count). The van der Waals surface area contributed by atoms with Gasteiger partial charge in [0.05, 0.1) is 19.2 Å². The van der Waals surface area contributed by atoms with Crippen LogP contribution < -0.4 is 10.1 Å². The molecule has 0 bridgehead atoms. The van der Waals surface area contributed by atoms with E-state index in [0.29, 0.717) is 0 Å². The maximum Gasteiger partial charge on any atom is 0.392 e. The molecule has 6 nitrogen and oxygen atoms in total. The molecule has 0 aromatic carbocycles. The molecule has 0 aliphatic rings. The monoisotopic (exact) mass is 301 g/mol. The zero-order valence-corrected chi connectivity index (χ0v) is 10.6. The van der Waals surface area contributed by atoms with Gasteiger partial charge >= 0.3 is 12.2 Å². The van der Waals surface area contributed by atoms with Crippen LogP contribution in [0.15, 0.2) is 35.2 Å².